The van der Waals surface area contributed by atoms with Crippen molar-refractivity contribution in [1.82, 2.24) is 10.2 Å². The number of rotatable bonds is 3. The van der Waals surface area contributed by atoms with Gasteiger partial charge in [0.2, 0.25) is 0 Å². The van der Waals surface area contributed by atoms with Crippen LogP contribution in [0.15, 0.2) is 34.8 Å². The van der Waals surface area contributed by atoms with Crippen molar-refractivity contribution in [3.05, 3.63) is 44.1 Å². The highest BCUT2D eigenvalue weighted by molar-refractivity contribution is 14.1. The Bertz CT molecular complexity index is 605. The standard InChI is InChI=1S/C11H9BrIN5O/c12-6-1-2-7(13)9(5-6)15-11(19)8-3-4-10(16-14)18-17-8/h1-5H,14H2,(H,15,19)(H,16,18). The topological polar surface area (TPSA) is 92.9 Å². The summed E-state index contributed by atoms with van der Waals surface area (Å²) in [6.07, 6.45) is 0. The molecule has 1 aromatic heterocycles. The van der Waals surface area contributed by atoms with Crippen LogP contribution in [0.3, 0.4) is 0 Å². The van der Waals surface area contributed by atoms with Gasteiger partial charge in [-0.2, -0.15) is 0 Å². The molecule has 0 unspecified atom stereocenters. The number of carbonyl (C=O) groups excluding carboxylic acids is 1. The van der Waals surface area contributed by atoms with Crippen LogP contribution in [0.1, 0.15) is 10.5 Å². The first-order valence-corrected chi connectivity index (χ1v) is 7.04. The smallest absolute Gasteiger partial charge is 0.276 e. The Morgan fingerprint density at radius 3 is 2.68 bits per heavy atom. The van der Waals surface area contributed by atoms with Crippen LogP contribution in [-0.4, -0.2) is 16.1 Å². The number of nitrogens with two attached hydrogens (primary N) is 1. The molecule has 0 radical (unpaired) electrons. The number of anilines is 2. The van der Waals surface area contributed by atoms with Crippen LogP contribution >= 0.6 is 38.5 Å². The van der Waals surface area contributed by atoms with Crippen molar-refractivity contribution in [2.45, 2.75) is 0 Å². The van der Waals surface area contributed by atoms with Gasteiger partial charge in [-0.05, 0) is 52.9 Å². The van der Waals surface area contributed by atoms with E-state index >= 15 is 0 Å². The molecule has 0 aliphatic rings. The lowest BCUT2D eigenvalue weighted by Gasteiger charge is -2.07. The first kappa shape index (κ1) is 14.2. The van der Waals surface area contributed by atoms with Gasteiger partial charge in [-0.15, -0.1) is 10.2 Å². The van der Waals surface area contributed by atoms with Crippen LogP contribution in [0.5, 0.6) is 0 Å². The molecule has 19 heavy (non-hydrogen) atoms. The summed E-state index contributed by atoms with van der Waals surface area (Å²) in [6.45, 7) is 0. The monoisotopic (exact) mass is 433 g/mol. The van der Waals surface area contributed by atoms with Crippen LogP contribution < -0.4 is 16.6 Å². The lowest BCUT2D eigenvalue weighted by atomic mass is 10.3. The first-order chi connectivity index (χ1) is 9.10. The minimum atomic E-state index is -0.327. The summed E-state index contributed by atoms with van der Waals surface area (Å²) in [7, 11) is 0. The molecule has 0 fully saturated rings. The van der Waals surface area contributed by atoms with Gasteiger partial charge in [0.1, 0.15) is 0 Å². The fourth-order valence-corrected chi connectivity index (χ4v) is 2.14. The Morgan fingerprint density at radius 2 is 2.05 bits per heavy atom. The predicted molar refractivity (Wildman–Crippen MR) is 84.7 cm³/mol. The lowest BCUT2D eigenvalue weighted by molar-refractivity contribution is 0.102. The fourth-order valence-electron chi connectivity index (χ4n) is 1.31. The summed E-state index contributed by atoms with van der Waals surface area (Å²) in [6, 6.07) is 8.74. The number of aromatic nitrogens is 2. The largest absolute Gasteiger partial charge is 0.320 e. The molecule has 1 amide bonds. The molecular formula is C11H9BrIN5O. The number of benzene rings is 1. The third-order valence-electron chi connectivity index (χ3n) is 2.22. The molecular weight excluding hydrogens is 425 g/mol. The number of hydrogen-bond acceptors (Lipinski definition) is 5. The molecule has 0 spiro atoms. The van der Waals surface area contributed by atoms with Crippen molar-refractivity contribution >= 4 is 55.9 Å². The van der Waals surface area contributed by atoms with E-state index in [4.69, 9.17) is 5.84 Å². The summed E-state index contributed by atoms with van der Waals surface area (Å²) in [5.74, 6) is 5.25. The SMILES string of the molecule is NNc1ccc(C(=O)Nc2cc(Br)ccc2I)nn1. The van der Waals surface area contributed by atoms with Crippen LogP contribution in [0.2, 0.25) is 0 Å². The number of hydrogen-bond donors (Lipinski definition) is 3. The van der Waals surface area contributed by atoms with Gasteiger partial charge in [0, 0.05) is 8.04 Å². The molecule has 2 aromatic rings. The molecule has 8 heteroatoms. The average Bonchev–Trinajstić information content (AvgIpc) is 2.43. The molecule has 0 aliphatic heterocycles. The van der Waals surface area contributed by atoms with E-state index in [1.807, 2.05) is 18.2 Å². The first-order valence-electron chi connectivity index (χ1n) is 5.17. The van der Waals surface area contributed by atoms with Gasteiger partial charge in [-0.3, -0.25) is 4.79 Å². The van der Waals surface area contributed by atoms with Crippen molar-refractivity contribution in [3.63, 3.8) is 0 Å². The predicted octanol–water partition coefficient (Wildman–Crippen LogP) is 2.38. The Balaban J connectivity index is 2.18. The zero-order valence-electron chi connectivity index (χ0n) is 9.52. The molecule has 4 N–H and O–H groups in total. The molecule has 0 saturated carbocycles. The molecule has 1 heterocycles. The zero-order valence-corrected chi connectivity index (χ0v) is 13.3. The summed E-state index contributed by atoms with van der Waals surface area (Å²) < 4.78 is 1.82. The van der Waals surface area contributed by atoms with Gasteiger partial charge in [0.05, 0.1) is 5.69 Å². The molecule has 0 aliphatic carbocycles. The fraction of sp³-hybridized carbons (Fsp3) is 0. The molecule has 2 rings (SSSR count). The third-order valence-corrected chi connectivity index (χ3v) is 3.66. The quantitative estimate of drug-likeness (QED) is 0.392. The number of nitrogens with zero attached hydrogens (tertiary/aromatic N) is 2. The second kappa shape index (κ2) is 6.26. The van der Waals surface area contributed by atoms with E-state index < -0.39 is 0 Å². The maximum Gasteiger partial charge on any atom is 0.276 e. The Hall–Kier alpha value is -1.26. The number of nitrogen functional groups attached to an aromatic ring is 1. The van der Waals surface area contributed by atoms with Gasteiger partial charge in [-0.1, -0.05) is 15.9 Å². The summed E-state index contributed by atoms with van der Waals surface area (Å²) in [4.78, 5) is 12.0. The van der Waals surface area contributed by atoms with E-state index in [1.54, 1.807) is 12.1 Å². The van der Waals surface area contributed by atoms with E-state index in [9.17, 15) is 4.79 Å². The number of halogens is 2. The summed E-state index contributed by atoms with van der Waals surface area (Å²) in [5.41, 5.74) is 3.27. The Morgan fingerprint density at radius 1 is 1.26 bits per heavy atom. The van der Waals surface area contributed by atoms with Gasteiger partial charge >= 0.3 is 0 Å². The molecule has 0 saturated heterocycles. The maximum atomic E-state index is 12.0. The summed E-state index contributed by atoms with van der Waals surface area (Å²) >= 11 is 5.50. The van der Waals surface area contributed by atoms with Crippen molar-refractivity contribution in [1.29, 1.82) is 0 Å². The minimum Gasteiger partial charge on any atom is -0.320 e. The van der Waals surface area contributed by atoms with Crippen LogP contribution in [0.25, 0.3) is 0 Å². The van der Waals surface area contributed by atoms with Crippen molar-refractivity contribution in [2.24, 2.45) is 5.84 Å². The van der Waals surface area contributed by atoms with E-state index in [0.717, 1.165) is 8.04 Å². The van der Waals surface area contributed by atoms with Gasteiger partial charge < -0.3 is 10.7 Å². The number of amides is 1. The highest BCUT2D eigenvalue weighted by Crippen LogP contribution is 2.23. The summed E-state index contributed by atoms with van der Waals surface area (Å²) in [5, 5.41) is 10.3. The molecule has 1 aromatic carbocycles. The average molecular weight is 434 g/mol. The normalized spacial score (nSPS) is 10.1. The zero-order chi connectivity index (χ0) is 13.8. The maximum absolute atomic E-state index is 12.0. The van der Waals surface area contributed by atoms with E-state index in [2.05, 4.69) is 59.5 Å². The van der Waals surface area contributed by atoms with E-state index in [0.29, 0.717) is 11.5 Å². The van der Waals surface area contributed by atoms with Gasteiger partial charge in [-0.25, -0.2) is 5.84 Å². The van der Waals surface area contributed by atoms with Crippen LogP contribution in [0, 0.1) is 3.57 Å². The number of carbonyl (C=O) groups is 1. The molecule has 6 nitrogen and oxygen atoms in total. The number of hydrazine groups is 1. The van der Waals surface area contributed by atoms with Gasteiger partial charge in [0.25, 0.3) is 5.91 Å². The molecule has 0 bridgehead atoms. The van der Waals surface area contributed by atoms with E-state index in [1.165, 1.54) is 0 Å². The molecule has 0 atom stereocenters. The van der Waals surface area contributed by atoms with Crippen LogP contribution in [-0.2, 0) is 0 Å². The second-order valence-corrected chi connectivity index (χ2v) is 5.60. The van der Waals surface area contributed by atoms with Crippen molar-refractivity contribution in [2.75, 3.05) is 10.7 Å². The van der Waals surface area contributed by atoms with Crippen molar-refractivity contribution < 1.29 is 4.79 Å². The molecule has 98 valence electrons. The Kier molecular flexibility index (Phi) is 4.66. The Labute approximate surface area is 131 Å². The van der Waals surface area contributed by atoms with Crippen LogP contribution in [0.4, 0.5) is 11.5 Å². The van der Waals surface area contributed by atoms with Gasteiger partial charge in [0.15, 0.2) is 11.5 Å². The highest BCUT2D eigenvalue weighted by Gasteiger charge is 2.10. The second-order valence-electron chi connectivity index (χ2n) is 3.53. The third kappa shape index (κ3) is 3.61. The minimum absolute atomic E-state index is 0.217. The van der Waals surface area contributed by atoms with E-state index in [-0.39, 0.29) is 11.6 Å². The highest BCUT2D eigenvalue weighted by atomic mass is 127. The number of nitrogens with one attached hydrogen (secondary N) is 2. The van der Waals surface area contributed by atoms with Crippen molar-refractivity contribution in [3.8, 4) is 0 Å². The lowest BCUT2D eigenvalue weighted by Crippen LogP contribution is -2.16.